The molecule has 2 unspecified atom stereocenters. The van der Waals surface area contributed by atoms with Gasteiger partial charge in [0.05, 0.1) is 24.5 Å². The summed E-state index contributed by atoms with van der Waals surface area (Å²) in [6.45, 7) is 7.75. The number of sulfone groups is 2. The fraction of sp³-hybridized carbons (Fsp3) is 0.250. The van der Waals surface area contributed by atoms with Gasteiger partial charge in [0.15, 0.2) is 0 Å². The predicted molar refractivity (Wildman–Crippen MR) is 163 cm³/mol. The predicted octanol–water partition coefficient (Wildman–Crippen LogP) is 8.57. The maximum absolute atomic E-state index is 13.2. The molecule has 5 nitrogen and oxygen atoms in total. The highest BCUT2D eigenvalue weighted by molar-refractivity contribution is 7.91. The van der Waals surface area contributed by atoms with E-state index in [9.17, 15) is 16.8 Å². The Hall–Kier alpha value is -2.84. The molecule has 4 aromatic carbocycles. The number of alkyl halides is 1. The van der Waals surface area contributed by atoms with Gasteiger partial charge < -0.3 is 4.74 Å². The van der Waals surface area contributed by atoms with Crippen molar-refractivity contribution in [2.75, 3.05) is 0 Å². The Morgan fingerprint density at radius 1 is 0.585 bits per heavy atom. The quantitative estimate of drug-likeness (QED) is 0.164. The fourth-order valence-corrected chi connectivity index (χ4v) is 7.11. The van der Waals surface area contributed by atoms with Crippen molar-refractivity contribution in [1.82, 2.24) is 0 Å². The molecule has 0 bridgehead atoms. The molecule has 0 radical (unpaired) electrons. The van der Waals surface area contributed by atoms with Crippen LogP contribution in [0.1, 0.15) is 51.7 Å². The van der Waals surface area contributed by atoms with E-state index in [1.165, 1.54) is 24.3 Å². The number of hydrogen-bond acceptors (Lipinski definition) is 5. The molecule has 0 fully saturated rings. The van der Waals surface area contributed by atoms with Crippen LogP contribution >= 0.6 is 23.2 Å². The molecule has 0 N–H and O–H groups in total. The molecule has 216 valence electrons. The Labute approximate surface area is 252 Å². The molecule has 0 amide bonds. The molecular formula is C32H32Cl2O5S2. The van der Waals surface area contributed by atoms with Crippen LogP contribution < -0.4 is 4.74 Å². The Morgan fingerprint density at radius 2 is 0.951 bits per heavy atom. The summed E-state index contributed by atoms with van der Waals surface area (Å²) >= 11 is 12.4. The van der Waals surface area contributed by atoms with E-state index < -0.39 is 30.1 Å². The van der Waals surface area contributed by atoms with Crippen molar-refractivity contribution in [3.63, 3.8) is 0 Å². The third-order valence-corrected chi connectivity index (χ3v) is 11.8. The molecule has 0 saturated heterocycles. The highest BCUT2D eigenvalue weighted by Gasteiger charge is 2.29. The Kier molecular flexibility index (Phi) is 8.95. The van der Waals surface area contributed by atoms with Gasteiger partial charge in [0.2, 0.25) is 19.7 Å². The van der Waals surface area contributed by atoms with Gasteiger partial charge in [0, 0.05) is 5.02 Å². The van der Waals surface area contributed by atoms with Crippen molar-refractivity contribution in [2.45, 2.75) is 70.6 Å². The van der Waals surface area contributed by atoms with E-state index in [2.05, 4.69) is 0 Å². The minimum atomic E-state index is -3.73. The van der Waals surface area contributed by atoms with E-state index >= 15 is 0 Å². The van der Waals surface area contributed by atoms with Crippen LogP contribution in [0, 0.1) is 0 Å². The summed E-state index contributed by atoms with van der Waals surface area (Å²) in [6.07, 6.45) is 1.30. The van der Waals surface area contributed by atoms with Crippen LogP contribution in [0.2, 0.25) is 5.02 Å². The third-order valence-electron chi connectivity index (χ3n) is 7.48. The summed E-state index contributed by atoms with van der Waals surface area (Å²) < 4.78 is 58.9. The molecule has 0 aliphatic carbocycles. The molecule has 4 rings (SSSR count). The second-order valence-electron chi connectivity index (χ2n) is 10.2. The lowest BCUT2D eigenvalue weighted by Crippen LogP contribution is -2.28. The van der Waals surface area contributed by atoms with Gasteiger partial charge >= 0.3 is 0 Å². The standard InChI is InChI=1S/C32H32Cl2O5S2/c1-5-31(3,34)23-7-15-27(16-8-23)41(37,38)30-21-13-26(14-22-30)39-32(4,6-2)24-9-17-28(18-10-24)40(35,36)29-19-11-25(33)12-20-29/h7-22H,5-6H2,1-4H3. The summed E-state index contributed by atoms with van der Waals surface area (Å²) in [4.78, 5) is 0.101. The van der Waals surface area contributed by atoms with Crippen molar-refractivity contribution in [1.29, 1.82) is 0 Å². The van der Waals surface area contributed by atoms with Crippen LogP contribution in [-0.4, -0.2) is 16.8 Å². The van der Waals surface area contributed by atoms with E-state index in [0.717, 1.165) is 11.1 Å². The third kappa shape index (κ3) is 6.49. The first kappa shape index (κ1) is 31.1. The molecular weight excluding hydrogens is 599 g/mol. The van der Waals surface area contributed by atoms with Crippen molar-refractivity contribution in [3.05, 3.63) is 113 Å². The van der Waals surface area contributed by atoms with Crippen molar-refractivity contribution < 1.29 is 21.6 Å². The number of ether oxygens (including phenoxy) is 1. The molecule has 0 aliphatic heterocycles. The van der Waals surface area contributed by atoms with Gasteiger partial charge in [-0.2, -0.15) is 0 Å². The van der Waals surface area contributed by atoms with Gasteiger partial charge in [-0.15, -0.1) is 11.6 Å². The molecule has 0 heterocycles. The maximum atomic E-state index is 13.2. The number of halogens is 2. The van der Waals surface area contributed by atoms with Gasteiger partial charge in [-0.1, -0.05) is 49.7 Å². The van der Waals surface area contributed by atoms with E-state index in [1.807, 2.05) is 27.7 Å². The fourth-order valence-electron chi connectivity index (χ4n) is 4.34. The zero-order chi connectivity index (χ0) is 30.1. The van der Waals surface area contributed by atoms with Gasteiger partial charge in [0.1, 0.15) is 11.4 Å². The highest BCUT2D eigenvalue weighted by Crippen LogP contribution is 2.35. The maximum Gasteiger partial charge on any atom is 0.206 e. The van der Waals surface area contributed by atoms with Gasteiger partial charge in [0.25, 0.3) is 0 Å². The minimum Gasteiger partial charge on any atom is -0.483 e. The Bertz CT molecular complexity index is 1710. The molecule has 4 aromatic rings. The largest absolute Gasteiger partial charge is 0.483 e. The van der Waals surface area contributed by atoms with Crippen LogP contribution in [0.3, 0.4) is 0 Å². The molecule has 0 spiro atoms. The zero-order valence-corrected chi connectivity index (χ0v) is 26.4. The zero-order valence-electron chi connectivity index (χ0n) is 23.3. The van der Waals surface area contributed by atoms with Gasteiger partial charge in [-0.25, -0.2) is 16.8 Å². The van der Waals surface area contributed by atoms with Crippen molar-refractivity contribution >= 4 is 42.9 Å². The van der Waals surface area contributed by atoms with Crippen LogP contribution in [0.4, 0.5) is 0 Å². The Morgan fingerprint density at radius 3 is 1.34 bits per heavy atom. The van der Waals surface area contributed by atoms with Crippen molar-refractivity contribution in [3.8, 4) is 5.75 Å². The van der Waals surface area contributed by atoms with E-state index in [4.69, 9.17) is 27.9 Å². The monoisotopic (exact) mass is 630 g/mol. The van der Waals surface area contributed by atoms with Crippen LogP contribution in [-0.2, 0) is 30.1 Å². The average molecular weight is 632 g/mol. The van der Waals surface area contributed by atoms with E-state index in [1.54, 1.807) is 72.8 Å². The lowest BCUT2D eigenvalue weighted by Gasteiger charge is -2.30. The molecule has 2 atom stereocenters. The summed E-state index contributed by atoms with van der Waals surface area (Å²) in [7, 11) is -7.43. The van der Waals surface area contributed by atoms with Gasteiger partial charge in [-0.3, -0.25) is 0 Å². The summed E-state index contributed by atoms with van der Waals surface area (Å²) in [5, 5.41) is 0.460. The second kappa shape index (κ2) is 11.8. The summed E-state index contributed by atoms with van der Waals surface area (Å²) in [5.74, 6) is 0.488. The SMILES string of the molecule is CCC(C)(Cl)c1ccc(S(=O)(=O)c2ccc(OC(C)(CC)c3ccc(S(=O)(=O)c4ccc(Cl)cc4)cc3)cc2)cc1. The van der Waals surface area contributed by atoms with E-state index in [-0.39, 0.29) is 19.6 Å². The molecule has 9 heteroatoms. The number of rotatable bonds is 10. The molecule has 0 aromatic heterocycles. The molecule has 0 aliphatic rings. The first-order valence-corrected chi connectivity index (χ1v) is 16.9. The first-order chi connectivity index (χ1) is 19.2. The lowest BCUT2D eigenvalue weighted by atomic mass is 9.93. The highest BCUT2D eigenvalue weighted by atomic mass is 35.5. The van der Waals surface area contributed by atoms with E-state index in [0.29, 0.717) is 23.6 Å². The second-order valence-corrected chi connectivity index (χ2v) is 15.4. The average Bonchev–Trinajstić information content (AvgIpc) is 2.97. The lowest BCUT2D eigenvalue weighted by molar-refractivity contribution is 0.0825. The molecule has 41 heavy (non-hydrogen) atoms. The Balaban J connectivity index is 1.53. The number of benzene rings is 4. The summed E-state index contributed by atoms with van der Waals surface area (Å²) in [6, 6.07) is 25.6. The summed E-state index contributed by atoms with van der Waals surface area (Å²) in [5.41, 5.74) is 0.857. The number of hydrogen-bond donors (Lipinski definition) is 0. The van der Waals surface area contributed by atoms with Crippen molar-refractivity contribution in [2.24, 2.45) is 0 Å². The topological polar surface area (TPSA) is 77.5 Å². The minimum absolute atomic E-state index is 0.150. The van der Waals surface area contributed by atoms with Crippen LogP contribution in [0.25, 0.3) is 0 Å². The normalized spacial score (nSPS) is 15.1. The molecule has 0 saturated carbocycles. The smallest absolute Gasteiger partial charge is 0.206 e. The van der Waals surface area contributed by atoms with Gasteiger partial charge in [-0.05, 0) is 111 Å². The van der Waals surface area contributed by atoms with Crippen LogP contribution in [0.5, 0.6) is 5.75 Å². The first-order valence-electron chi connectivity index (χ1n) is 13.2. The van der Waals surface area contributed by atoms with Crippen LogP contribution in [0.15, 0.2) is 117 Å².